The molecule has 1 saturated carbocycles. The number of halogens is 1. The molecule has 7 heteroatoms. The molecular weight excluding hydrogens is 342 g/mol. The van der Waals surface area contributed by atoms with E-state index >= 15 is 0 Å². The van der Waals surface area contributed by atoms with E-state index in [0.29, 0.717) is 18.2 Å². The lowest BCUT2D eigenvalue weighted by molar-refractivity contribution is -0.113. The number of hydrogen-bond acceptors (Lipinski definition) is 6. The predicted molar refractivity (Wildman–Crippen MR) is 89.9 cm³/mol. The van der Waals surface area contributed by atoms with Gasteiger partial charge >= 0.3 is 5.97 Å². The number of aldehydes is 1. The lowest BCUT2D eigenvalue weighted by atomic mass is 9.90. The number of esters is 1. The minimum absolute atomic E-state index is 0.0643. The van der Waals surface area contributed by atoms with Crippen molar-refractivity contribution in [3.63, 3.8) is 0 Å². The van der Waals surface area contributed by atoms with E-state index in [-0.39, 0.29) is 23.2 Å². The molecule has 1 heterocycles. The fraction of sp³-hybridized carbons (Fsp3) is 0.667. The van der Waals surface area contributed by atoms with Crippen LogP contribution in [0, 0.1) is 17.8 Å². The van der Waals surface area contributed by atoms with Crippen LogP contribution < -0.4 is 0 Å². The van der Waals surface area contributed by atoms with Crippen molar-refractivity contribution in [3.8, 4) is 0 Å². The monoisotopic (exact) mass is 361 g/mol. The average molecular weight is 362 g/mol. The normalized spacial score (nSPS) is 27.8. The van der Waals surface area contributed by atoms with Gasteiger partial charge in [0.05, 0.1) is 6.61 Å². The molecule has 0 aliphatic heterocycles. The molecule has 22 heavy (non-hydrogen) atoms. The Morgan fingerprint density at radius 2 is 2.41 bits per heavy atom. The van der Waals surface area contributed by atoms with Gasteiger partial charge in [-0.3, -0.25) is 0 Å². The number of thioether (sulfide) groups is 1. The van der Waals surface area contributed by atoms with Crippen LogP contribution in [0.4, 0.5) is 0 Å². The number of rotatable bonds is 7. The van der Waals surface area contributed by atoms with Crippen LogP contribution in [-0.4, -0.2) is 35.0 Å². The number of nitrogens with zero attached hydrogens (tertiary/aromatic N) is 1. The van der Waals surface area contributed by atoms with Gasteiger partial charge in [-0.1, -0.05) is 18.7 Å². The fourth-order valence-corrected chi connectivity index (χ4v) is 5.34. The second kappa shape index (κ2) is 8.31. The van der Waals surface area contributed by atoms with Gasteiger partial charge in [0.2, 0.25) is 0 Å². The number of thiazole rings is 1. The summed E-state index contributed by atoms with van der Waals surface area (Å²) in [6.45, 7) is 4.21. The third-order valence-electron chi connectivity index (χ3n) is 4.01. The number of carbonyl (C=O) groups excluding carboxylic acids is 2. The first-order valence-electron chi connectivity index (χ1n) is 7.41. The second-order valence-corrected chi connectivity index (χ2v) is 8.22. The van der Waals surface area contributed by atoms with Crippen molar-refractivity contribution in [3.05, 3.63) is 11.1 Å². The molecule has 0 radical (unpaired) electrons. The van der Waals surface area contributed by atoms with Crippen molar-refractivity contribution >= 4 is 47.0 Å². The summed E-state index contributed by atoms with van der Waals surface area (Å²) in [6.07, 6.45) is 2.86. The van der Waals surface area contributed by atoms with Crippen molar-refractivity contribution in [2.75, 3.05) is 12.4 Å². The SMILES string of the molecule is CCOC(=O)c1csc(SCC[C@@H]2[C@@H](C=O)[C@H](C)C[C@H]2Cl)n1. The van der Waals surface area contributed by atoms with Gasteiger partial charge in [0, 0.05) is 22.4 Å². The molecule has 4 nitrogen and oxygen atoms in total. The Bertz CT molecular complexity index is 523. The van der Waals surface area contributed by atoms with Gasteiger partial charge in [0.1, 0.15) is 6.29 Å². The van der Waals surface area contributed by atoms with Crippen LogP contribution in [0.2, 0.25) is 0 Å². The molecule has 2 rings (SSSR count). The Morgan fingerprint density at radius 3 is 3.09 bits per heavy atom. The topological polar surface area (TPSA) is 56.3 Å². The summed E-state index contributed by atoms with van der Waals surface area (Å²) < 4.78 is 5.77. The van der Waals surface area contributed by atoms with E-state index in [1.54, 1.807) is 24.1 Å². The van der Waals surface area contributed by atoms with Crippen LogP contribution in [0.15, 0.2) is 9.72 Å². The van der Waals surface area contributed by atoms with Gasteiger partial charge < -0.3 is 9.53 Å². The molecule has 1 fully saturated rings. The highest BCUT2D eigenvalue weighted by atomic mass is 35.5. The standard InChI is InChI=1S/C15H20ClNO3S2/c1-3-20-14(19)13-8-22-15(17-13)21-5-4-10-11(7-18)9(2)6-12(10)16/h7-12H,3-6H2,1-2H3/t9-,10-,11+,12-/m1/s1. The van der Waals surface area contributed by atoms with Crippen molar-refractivity contribution in [2.45, 2.75) is 36.4 Å². The Balaban J connectivity index is 1.83. The largest absolute Gasteiger partial charge is 0.461 e. The molecule has 1 aliphatic carbocycles. The van der Waals surface area contributed by atoms with Crippen LogP contribution in [0.25, 0.3) is 0 Å². The fourth-order valence-electron chi connectivity index (χ4n) is 2.86. The first kappa shape index (κ1) is 17.8. The third-order valence-corrected chi connectivity index (χ3v) is 6.57. The lowest BCUT2D eigenvalue weighted by Gasteiger charge is -2.18. The molecule has 1 aliphatic rings. The summed E-state index contributed by atoms with van der Waals surface area (Å²) in [5.74, 6) is 1.14. The minimum atomic E-state index is -0.378. The zero-order valence-corrected chi connectivity index (χ0v) is 15.0. The Hall–Kier alpha value is -0.590. The smallest absolute Gasteiger partial charge is 0.357 e. The van der Waals surface area contributed by atoms with E-state index < -0.39 is 0 Å². The lowest BCUT2D eigenvalue weighted by Crippen LogP contribution is -2.19. The van der Waals surface area contributed by atoms with Gasteiger partial charge in [0.25, 0.3) is 0 Å². The highest BCUT2D eigenvalue weighted by Gasteiger charge is 2.39. The number of carbonyl (C=O) groups is 2. The number of alkyl halides is 1. The molecule has 4 atom stereocenters. The van der Waals surface area contributed by atoms with Crippen LogP contribution in [0.5, 0.6) is 0 Å². The van der Waals surface area contributed by atoms with Gasteiger partial charge in [-0.2, -0.15) is 0 Å². The van der Waals surface area contributed by atoms with Crippen LogP contribution in [0.3, 0.4) is 0 Å². The molecule has 0 bridgehead atoms. The molecular formula is C15H20ClNO3S2. The Labute approximate surface area is 144 Å². The van der Waals surface area contributed by atoms with Gasteiger partial charge in [-0.25, -0.2) is 9.78 Å². The summed E-state index contributed by atoms with van der Waals surface area (Å²) in [6, 6.07) is 0. The van der Waals surface area contributed by atoms with Gasteiger partial charge in [-0.05, 0) is 31.6 Å². The van der Waals surface area contributed by atoms with Crippen molar-refractivity contribution in [1.82, 2.24) is 4.98 Å². The maximum absolute atomic E-state index is 11.6. The summed E-state index contributed by atoms with van der Waals surface area (Å²) >= 11 is 9.41. The summed E-state index contributed by atoms with van der Waals surface area (Å²) in [4.78, 5) is 27.0. The summed E-state index contributed by atoms with van der Waals surface area (Å²) in [7, 11) is 0. The molecule has 1 aromatic heterocycles. The quantitative estimate of drug-likeness (QED) is 0.319. The van der Waals surface area contributed by atoms with E-state index in [4.69, 9.17) is 16.3 Å². The minimum Gasteiger partial charge on any atom is -0.461 e. The first-order valence-corrected chi connectivity index (χ1v) is 9.71. The number of hydrogen-bond donors (Lipinski definition) is 0. The maximum Gasteiger partial charge on any atom is 0.357 e. The van der Waals surface area contributed by atoms with Gasteiger partial charge in [-0.15, -0.1) is 22.9 Å². The van der Waals surface area contributed by atoms with Crippen molar-refractivity contribution in [2.24, 2.45) is 17.8 Å². The third kappa shape index (κ3) is 4.24. The number of ether oxygens (including phenoxy) is 1. The zero-order valence-electron chi connectivity index (χ0n) is 12.7. The highest BCUT2D eigenvalue weighted by molar-refractivity contribution is 8.01. The number of aromatic nitrogens is 1. The van der Waals surface area contributed by atoms with Crippen LogP contribution >= 0.6 is 34.7 Å². The van der Waals surface area contributed by atoms with Crippen LogP contribution in [0.1, 0.15) is 37.2 Å². The molecule has 122 valence electrons. The van der Waals surface area contributed by atoms with E-state index in [1.165, 1.54) is 11.3 Å². The van der Waals surface area contributed by atoms with E-state index in [9.17, 15) is 9.59 Å². The molecule has 0 aromatic carbocycles. The van der Waals surface area contributed by atoms with Gasteiger partial charge in [0.15, 0.2) is 10.0 Å². The van der Waals surface area contributed by atoms with Crippen molar-refractivity contribution in [1.29, 1.82) is 0 Å². The molecule has 0 N–H and O–H groups in total. The zero-order chi connectivity index (χ0) is 16.1. The first-order chi connectivity index (χ1) is 10.6. The Morgan fingerprint density at radius 1 is 1.64 bits per heavy atom. The Kier molecular flexibility index (Phi) is 6.71. The van der Waals surface area contributed by atoms with Crippen molar-refractivity contribution < 1.29 is 14.3 Å². The van der Waals surface area contributed by atoms with Crippen LogP contribution in [-0.2, 0) is 9.53 Å². The average Bonchev–Trinajstić information content (AvgIpc) is 3.05. The predicted octanol–water partition coefficient (Wildman–Crippen LogP) is 3.88. The summed E-state index contributed by atoms with van der Waals surface area (Å²) in [5, 5.41) is 1.80. The molecule has 0 amide bonds. The highest BCUT2D eigenvalue weighted by Crippen LogP contribution is 2.41. The molecule has 0 spiro atoms. The van der Waals surface area contributed by atoms with E-state index in [0.717, 1.165) is 29.2 Å². The molecule has 0 saturated heterocycles. The van der Waals surface area contributed by atoms with E-state index in [1.807, 2.05) is 0 Å². The molecule has 0 unspecified atom stereocenters. The maximum atomic E-state index is 11.6. The van der Waals surface area contributed by atoms with E-state index in [2.05, 4.69) is 11.9 Å². The summed E-state index contributed by atoms with van der Waals surface area (Å²) in [5.41, 5.74) is 0.366. The molecule has 1 aromatic rings. The second-order valence-electron chi connectivity index (χ2n) is 5.46.